The fourth-order valence-corrected chi connectivity index (χ4v) is 0. The molecule has 3 nitrogen and oxygen atoms in total. The summed E-state index contributed by atoms with van der Waals surface area (Å²) in [7, 11) is 2.42. The Labute approximate surface area is 48.2 Å². The minimum absolute atomic E-state index is 0.806. The van der Waals surface area contributed by atoms with Crippen LogP contribution in [0.1, 0.15) is 0 Å². The molecule has 0 aliphatic rings. The van der Waals surface area contributed by atoms with Crippen LogP contribution in [0.4, 0.5) is 0 Å². The highest BCUT2D eigenvalue weighted by Crippen LogP contribution is 0.354. The summed E-state index contributed by atoms with van der Waals surface area (Å²) in [6.07, 6.45) is 0. The van der Waals surface area contributed by atoms with Gasteiger partial charge in [-0.1, -0.05) is 0 Å². The van der Waals surface area contributed by atoms with Gasteiger partial charge in [-0.15, -0.1) is 0 Å². The molecule has 42 valence electrons. The van der Waals surface area contributed by atoms with Crippen molar-refractivity contribution in [3.8, 4) is 0 Å². The molecular formula is H15N3Si3. The van der Waals surface area contributed by atoms with E-state index in [1.54, 1.807) is 0 Å². The highest BCUT2D eigenvalue weighted by atomic mass is 28.2. The molecule has 0 aromatic rings. The fourth-order valence-electron chi connectivity index (χ4n) is 0. The molecule has 0 aliphatic carbocycles. The summed E-state index contributed by atoms with van der Waals surface area (Å²) in [5.41, 5.74) is 0. The van der Waals surface area contributed by atoms with E-state index < -0.39 is 0 Å². The fraction of sp³-hybridized carbons (Fsp3) is 0. The molecule has 0 rings (SSSR count). The predicted octanol–water partition coefficient (Wildman–Crippen LogP) is -5.32. The molecule has 0 aromatic heterocycles. The first-order valence-corrected chi connectivity index (χ1v) is 5.20. The molecule has 6 heavy (non-hydrogen) atoms. The molecule has 0 saturated carbocycles. The zero-order chi connectivity index (χ0) is 6.00. The van der Waals surface area contributed by atoms with Gasteiger partial charge in [0.1, 0.15) is 0 Å². The van der Waals surface area contributed by atoms with E-state index in [1.165, 1.54) is 0 Å². The van der Waals surface area contributed by atoms with Crippen molar-refractivity contribution in [1.29, 1.82) is 0 Å². The molecule has 0 atom stereocenters. The predicted molar refractivity (Wildman–Crippen MR) is 42.4 cm³/mol. The first kappa shape index (κ1) is 16.0. The van der Waals surface area contributed by atoms with Crippen LogP contribution in [0, 0.1) is 0 Å². The van der Waals surface area contributed by atoms with Gasteiger partial charge in [0, 0.05) is 0 Å². The van der Waals surface area contributed by atoms with Crippen molar-refractivity contribution >= 4 is 31.2 Å². The van der Waals surface area contributed by atoms with E-state index in [-0.39, 0.29) is 0 Å². The topological polar surface area (TPSA) is 78.1 Å². The standard InChI is InChI=1S/3H5NSi/c3*1-2/h3*1H2,2H3. The first-order chi connectivity index (χ1) is 3.00. The van der Waals surface area contributed by atoms with Crippen LogP contribution in [-0.4, -0.2) is 31.2 Å². The van der Waals surface area contributed by atoms with E-state index in [0.29, 0.717) is 0 Å². The van der Waals surface area contributed by atoms with Gasteiger partial charge < -0.3 is 16.2 Å². The Kier molecular flexibility index (Phi) is 1080. The largest absolute Gasteiger partial charge is 0.358 e. The van der Waals surface area contributed by atoms with Crippen molar-refractivity contribution in [1.82, 2.24) is 0 Å². The lowest BCUT2D eigenvalue weighted by Gasteiger charge is -1.17. The lowest BCUT2D eigenvalue weighted by Crippen LogP contribution is -1.75. The molecule has 0 saturated heterocycles. The maximum Gasteiger partial charge on any atom is 0.0716 e. The third-order valence-corrected chi connectivity index (χ3v) is 0. The molecule has 0 radical (unpaired) electrons. The summed E-state index contributed by atoms with van der Waals surface area (Å²) >= 11 is 0. The first-order valence-electron chi connectivity index (χ1n) is 1.73. The summed E-state index contributed by atoms with van der Waals surface area (Å²) in [5, 5.41) is 13.9. The summed E-state index contributed by atoms with van der Waals surface area (Å²) in [6.45, 7) is 0. The van der Waals surface area contributed by atoms with Crippen LogP contribution in [0.3, 0.4) is 0 Å². The maximum absolute atomic E-state index is 4.64. The van der Waals surface area contributed by atoms with Gasteiger partial charge in [-0.25, -0.2) is 0 Å². The Hall–Kier alpha value is 0.531. The quantitative estimate of drug-likeness (QED) is 0.295. The van der Waals surface area contributed by atoms with E-state index in [1.807, 2.05) is 0 Å². The minimum atomic E-state index is 0.806. The van der Waals surface area contributed by atoms with Gasteiger partial charge in [0.15, 0.2) is 0 Å². The van der Waals surface area contributed by atoms with Crippen molar-refractivity contribution in [3.05, 3.63) is 0 Å². The molecule has 6 heteroatoms. The zero-order valence-electron chi connectivity index (χ0n) is 4.73. The second-order valence-corrected chi connectivity index (χ2v) is 0. The van der Waals surface area contributed by atoms with Crippen LogP contribution in [0.15, 0.2) is 0 Å². The average Bonchev–Trinajstić information content (AvgIpc) is 1.81. The molecule has 0 aliphatic heterocycles. The number of rotatable bonds is 0. The summed E-state index contributed by atoms with van der Waals surface area (Å²) in [5.74, 6) is 0. The van der Waals surface area contributed by atoms with Crippen LogP contribution in [0.25, 0.3) is 0 Å². The Morgan fingerprint density at radius 3 is 0.500 bits per heavy atom. The molecular weight excluding hydrogens is 126 g/mol. The van der Waals surface area contributed by atoms with Crippen LogP contribution in [-0.2, 0) is 0 Å². The molecule has 6 N–H and O–H groups in total. The van der Waals surface area contributed by atoms with Crippen molar-refractivity contribution in [3.63, 3.8) is 0 Å². The SMILES string of the molecule is N[SiH3].N[SiH3].N[SiH3]. The zero-order valence-corrected chi connectivity index (χ0v) is 10.7. The van der Waals surface area contributed by atoms with Gasteiger partial charge in [0.25, 0.3) is 0 Å². The second kappa shape index (κ2) is 403. The normalized spacial score (nSPS) is 4.50. The van der Waals surface area contributed by atoms with E-state index in [0.717, 1.165) is 31.2 Å². The van der Waals surface area contributed by atoms with Crippen LogP contribution < -0.4 is 16.2 Å². The summed E-state index contributed by atoms with van der Waals surface area (Å²) < 4.78 is 0. The smallest absolute Gasteiger partial charge is 0.0716 e. The molecule has 0 fully saturated rings. The molecule has 0 spiro atoms. The van der Waals surface area contributed by atoms with Gasteiger partial charge in [0.05, 0.1) is 31.2 Å². The van der Waals surface area contributed by atoms with Gasteiger partial charge in [-0.3, -0.25) is 0 Å². The highest BCUT2D eigenvalue weighted by molar-refractivity contribution is 6.02. The van der Waals surface area contributed by atoms with E-state index in [2.05, 4.69) is 16.2 Å². The average molecular weight is 141 g/mol. The van der Waals surface area contributed by atoms with Crippen molar-refractivity contribution in [2.24, 2.45) is 16.2 Å². The molecule has 0 bridgehead atoms. The van der Waals surface area contributed by atoms with E-state index in [4.69, 9.17) is 0 Å². The minimum Gasteiger partial charge on any atom is -0.358 e. The third kappa shape index (κ3) is 201. The van der Waals surface area contributed by atoms with Crippen molar-refractivity contribution in [2.45, 2.75) is 0 Å². The maximum atomic E-state index is 4.64. The van der Waals surface area contributed by atoms with Gasteiger partial charge in [-0.05, 0) is 0 Å². The number of nitrogens with two attached hydrogens (primary N) is 3. The summed E-state index contributed by atoms with van der Waals surface area (Å²) in [6, 6.07) is 0. The second-order valence-electron chi connectivity index (χ2n) is 0. The van der Waals surface area contributed by atoms with E-state index >= 15 is 0 Å². The third-order valence-electron chi connectivity index (χ3n) is 0. The monoisotopic (exact) mass is 141 g/mol. The van der Waals surface area contributed by atoms with Gasteiger partial charge in [-0.2, -0.15) is 0 Å². The number of hydrogen-bond acceptors (Lipinski definition) is 3. The lowest BCUT2D eigenvalue weighted by atomic mass is 13.9. The summed E-state index contributed by atoms with van der Waals surface area (Å²) in [4.78, 5) is 0. The van der Waals surface area contributed by atoms with Crippen LogP contribution >= 0.6 is 0 Å². The molecule has 0 aromatic carbocycles. The Bertz CT molecular complexity index is 6.00. The van der Waals surface area contributed by atoms with E-state index in [9.17, 15) is 0 Å². The van der Waals surface area contributed by atoms with Crippen LogP contribution in [0.5, 0.6) is 0 Å². The Morgan fingerprint density at radius 1 is 0.500 bits per heavy atom. The van der Waals surface area contributed by atoms with Crippen molar-refractivity contribution < 1.29 is 0 Å². The number of hydrogen-bond donors (Lipinski definition) is 3. The van der Waals surface area contributed by atoms with Gasteiger partial charge >= 0.3 is 0 Å². The molecule has 0 amide bonds. The van der Waals surface area contributed by atoms with Crippen molar-refractivity contribution in [2.75, 3.05) is 0 Å². The molecule has 0 unspecified atom stereocenters. The van der Waals surface area contributed by atoms with Gasteiger partial charge in [0.2, 0.25) is 0 Å². The lowest BCUT2D eigenvalue weighted by molar-refractivity contribution is 2.00. The van der Waals surface area contributed by atoms with Crippen LogP contribution in [0.2, 0.25) is 0 Å². The highest BCUT2D eigenvalue weighted by Gasteiger charge is 0.884. The molecule has 0 heterocycles. The Balaban J connectivity index is -0.0000000225. The Morgan fingerprint density at radius 2 is 0.500 bits per heavy atom.